The second-order valence-corrected chi connectivity index (χ2v) is 6.63. The molecule has 0 bridgehead atoms. The molecule has 24 heavy (non-hydrogen) atoms. The Hall–Kier alpha value is -2.44. The second kappa shape index (κ2) is 5.58. The molecule has 2 aliphatic rings. The number of carbonyl (C=O) groups excluding carboxylic acids is 1. The number of hydrogen-bond acceptors (Lipinski definition) is 6. The number of hydrogen-bond donors (Lipinski definition) is 0. The Morgan fingerprint density at radius 3 is 2.83 bits per heavy atom. The molecular weight excluding hydrogens is 308 g/mol. The van der Waals surface area contributed by atoms with Crippen LogP contribution in [0.2, 0.25) is 0 Å². The molecule has 7 nitrogen and oxygen atoms in total. The molecule has 7 heteroatoms. The van der Waals surface area contributed by atoms with Gasteiger partial charge in [-0.1, -0.05) is 0 Å². The molecule has 1 saturated carbocycles. The molecule has 3 heterocycles. The van der Waals surface area contributed by atoms with Crippen molar-refractivity contribution in [2.45, 2.75) is 32.1 Å². The SMILES string of the molecule is COc1ncccc1C(=O)N1CCC2(CC1)CC2c1nnc(C)o1. The van der Waals surface area contributed by atoms with Crippen LogP contribution >= 0.6 is 0 Å². The number of pyridine rings is 1. The van der Waals surface area contributed by atoms with Gasteiger partial charge in [-0.2, -0.15) is 0 Å². The molecule has 1 atom stereocenters. The van der Waals surface area contributed by atoms with Crippen LogP contribution in [0, 0.1) is 12.3 Å². The Morgan fingerprint density at radius 1 is 1.38 bits per heavy atom. The van der Waals surface area contributed by atoms with E-state index in [1.165, 1.54) is 7.11 Å². The van der Waals surface area contributed by atoms with Crippen molar-refractivity contribution in [1.82, 2.24) is 20.1 Å². The lowest BCUT2D eigenvalue weighted by Crippen LogP contribution is -2.39. The molecule has 1 unspecified atom stereocenters. The van der Waals surface area contributed by atoms with Crippen molar-refractivity contribution in [1.29, 1.82) is 0 Å². The largest absolute Gasteiger partial charge is 0.480 e. The molecule has 1 aliphatic carbocycles. The summed E-state index contributed by atoms with van der Waals surface area (Å²) in [5.74, 6) is 2.09. The Labute approximate surface area is 140 Å². The number of rotatable bonds is 3. The van der Waals surface area contributed by atoms with Gasteiger partial charge in [0.15, 0.2) is 0 Å². The lowest BCUT2D eigenvalue weighted by atomic mass is 9.90. The van der Waals surface area contributed by atoms with E-state index in [2.05, 4.69) is 15.2 Å². The Balaban J connectivity index is 1.43. The second-order valence-electron chi connectivity index (χ2n) is 6.63. The normalized spacial score (nSPS) is 21.8. The highest BCUT2D eigenvalue weighted by Gasteiger charge is 2.58. The summed E-state index contributed by atoms with van der Waals surface area (Å²) in [6.45, 7) is 3.29. The van der Waals surface area contributed by atoms with Crippen LogP contribution in [-0.4, -0.2) is 46.2 Å². The van der Waals surface area contributed by atoms with E-state index in [4.69, 9.17) is 9.15 Å². The van der Waals surface area contributed by atoms with Gasteiger partial charge in [0.1, 0.15) is 5.56 Å². The maximum absolute atomic E-state index is 12.7. The van der Waals surface area contributed by atoms with E-state index >= 15 is 0 Å². The van der Waals surface area contributed by atoms with E-state index in [9.17, 15) is 4.79 Å². The summed E-state index contributed by atoms with van der Waals surface area (Å²) in [6.07, 6.45) is 4.63. The first kappa shape index (κ1) is 15.1. The molecular formula is C17H20N4O3. The fourth-order valence-corrected chi connectivity index (χ4v) is 3.74. The average Bonchev–Trinajstić information content (AvgIpc) is 3.13. The van der Waals surface area contributed by atoms with Crippen LogP contribution in [0.5, 0.6) is 5.88 Å². The van der Waals surface area contributed by atoms with Crippen molar-refractivity contribution < 1.29 is 13.9 Å². The van der Waals surface area contributed by atoms with Crippen LogP contribution in [0.25, 0.3) is 0 Å². The molecule has 0 radical (unpaired) electrons. The summed E-state index contributed by atoms with van der Waals surface area (Å²) in [6, 6.07) is 3.52. The van der Waals surface area contributed by atoms with Crippen molar-refractivity contribution in [3.05, 3.63) is 35.7 Å². The van der Waals surface area contributed by atoms with Crippen molar-refractivity contribution in [2.24, 2.45) is 5.41 Å². The van der Waals surface area contributed by atoms with Crippen LogP contribution in [0.3, 0.4) is 0 Å². The molecule has 2 fully saturated rings. The third kappa shape index (κ3) is 2.44. The van der Waals surface area contributed by atoms with Crippen molar-refractivity contribution in [3.8, 4) is 5.88 Å². The molecule has 0 aromatic carbocycles. The fourth-order valence-electron chi connectivity index (χ4n) is 3.74. The standard InChI is InChI=1S/C17H20N4O3/c1-11-19-20-15(24-11)13-10-17(13)5-8-21(9-6-17)16(22)12-4-3-7-18-14(12)23-2/h3-4,7,13H,5-6,8-10H2,1-2H3. The van der Waals surface area contributed by atoms with Gasteiger partial charge in [0.05, 0.1) is 7.11 Å². The van der Waals surface area contributed by atoms with E-state index in [1.54, 1.807) is 18.3 Å². The van der Waals surface area contributed by atoms with Gasteiger partial charge >= 0.3 is 0 Å². The summed E-state index contributed by atoms with van der Waals surface area (Å²) in [7, 11) is 1.53. The first-order valence-electron chi connectivity index (χ1n) is 8.21. The Kier molecular flexibility index (Phi) is 3.51. The van der Waals surface area contributed by atoms with Gasteiger partial charge in [-0.05, 0) is 36.8 Å². The third-order valence-corrected chi connectivity index (χ3v) is 5.27. The molecule has 1 saturated heterocycles. The minimum absolute atomic E-state index is 0.0133. The van der Waals surface area contributed by atoms with E-state index in [-0.39, 0.29) is 11.3 Å². The van der Waals surface area contributed by atoms with Gasteiger partial charge in [0.2, 0.25) is 17.7 Å². The molecule has 1 amide bonds. The first-order chi connectivity index (χ1) is 11.6. The van der Waals surface area contributed by atoms with E-state index in [0.717, 1.165) is 38.2 Å². The predicted molar refractivity (Wildman–Crippen MR) is 84.8 cm³/mol. The highest BCUT2D eigenvalue weighted by Crippen LogP contribution is 2.64. The maximum Gasteiger partial charge on any atom is 0.259 e. The number of aromatic nitrogens is 3. The zero-order valence-corrected chi connectivity index (χ0v) is 13.9. The summed E-state index contributed by atoms with van der Waals surface area (Å²) in [5, 5.41) is 8.09. The molecule has 126 valence electrons. The van der Waals surface area contributed by atoms with Crippen LogP contribution in [0.1, 0.15) is 47.3 Å². The minimum Gasteiger partial charge on any atom is -0.480 e. The van der Waals surface area contributed by atoms with Gasteiger partial charge in [-0.3, -0.25) is 4.79 Å². The number of nitrogens with zero attached hydrogens (tertiary/aromatic N) is 4. The summed E-state index contributed by atoms with van der Waals surface area (Å²) in [5.41, 5.74) is 0.755. The molecule has 2 aromatic rings. The van der Waals surface area contributed by atoms with E-state index < -0.39 is 0 Å². The number of piperidine rings is 1. The van der Waals surface area contributed by atoms with Crippen LogP contribution in [-0.2, 0) is 0 Å². The first-order valence-corrected chi connectivity index (χ1v) is 8.21. The summed E-state index contributed by atoms with van der Waals surface area (Å²) < 4.78 is 10.8. The zero-order chi connectivity index (χ0) is 16.7. The van der Waals surface area contributed by atoms with E-state index in [0.29, 0.717) is 23.3 Å². The van der Waals surface area contributed by atoms with Gasteiger partial charge in [0, 0.05) is 32.1 Å². The quantitative estimate of drug-likeness (QED) is 0.859. The van der Waals surface area contributed by atoms with Crippen molar-refractivity contribution >= 4 is 5.91 Å². The zero-order valence-electron chi connectivity index (χ0n) is 13.9. The Morgan fingerprint density at radius 2 is 2.17 bits per heavy atom. The van der Waals surface area contributed by atoms with Gasteiger partial charge in [-0.25, -0.2) is 4.98 Å². The number of likely N-dealkylation sites (tertiary alicyclic amines) is 1. The lowest BCUT2D eigenvalue weighted by Gasteiger charge is -2.32. The molecule has 2 aromatic heterocycles. The average molecular weight is 328 g/mol. The topological polar surface area (TPSA) is 81.4 Å². The van der Waals surface area contributed by atoms with E-state index in [1.807, 2.05) is 11.8 Å². The van der Waals surface area contributed by atoms with Crippen LogP contribution in [0.4, 0.5) is 0 Å². The van der Waals surface area contributed by atoms with Crippen LogP contribution in [0.15, 0.2) is 22.7 Å². The van der Waals surface area contributed by atoms with Crippen molar-refractivity contribution in [2.75, 3.05) is 20.2 Å². The molecule has 0 N–H and O–H groups in total. The van der Waals surface area contributed by atoms with Gasteiger partial charge < -0.3 is 14.1 Å². The highest BCUT2D eigenvalue weighted by atomic mass is 16.5. The summed E-state index contributed by atoms with van der Waals surface area (Å²) >= 11 is 0. The third-order valence-electron chi connectivity index (χ3n) is 5.27. The predicted octanol–water partition coefficient (Wildman–Crippen LogP) is 2.19. The maximum atomic E-state index is 12.7. The number of ether oxygens (including phenoxy) is 1. The fraction of sp³-hybridized carbons (Fsp3) is 0.529. The molecule has 1 aliphatic heterocycles. The van der Waals surface area contributed by atoms with Gasteiger partial charge in [0.25, 0.3) is 5.91 Å². The van der Waals surface area contributed by atoms with Crippen molar-refractivity contribution in [3.63, 3.8) is 0 Å². The van der Waals surface area contributed by atoms with Crippen LogP contribution < -0.4 is 4.74 Å². The highest BCUT2D eigenvalue weighted by molar-refractivity contribution is 5.96. The lowest BCUT2D eigenvalue weighted by molar-refractivity contribution is 0.0669. The smallest absolute Gasteiger partial charge is 0.259 e. The number of carbonyl (C=O) groups is 1. The minimum atomic E-state index is -0.0133. The van der Waals surface area contributed by atoms with Gasteiger partial charge in [-0.15, -0.1) is 10.2 Å². The molecule has 4 rings (SSSR count). The summed E-state index contributed by atoms with van der Waals surface area (Å²) in [4.78, 5) is 18.7. The Bertz CT molecular complexity index is 765. The monoisotopic (exact) mass is 328 g/mol. The number of methoxy groups -OCH3 is 1. The number of aryl methyl sites for hydroxylation is 1. The number of amides is 1. The molecule has 1 spiro atoms.